The number of aromatic nitrogens is 2. The van der Waals surface area contributed by atoms with Crippen LogP contribution in [0.3, 0.4) is 0 Å². The Bertz CT molecular complexity index is 306. The minimum absolute atomic E-state index is 0.272. The first kappa shape index (κ1) is 11.6. The van der Waals surface area contributed by atoms with Crippen LogP contribution < -0.4 is 5.32 Å². The summed E-state index contributed by atoms with van der Waals surface area (Å²) in [6.07, 6.45) is 2.30. The number of hydrogen-bond donors (Lipinski definition) is 2. The molecule has 1 aromatic heterocycles. The summed E-state index contributed by atoms with van der Waals surface area (Å²) in [5.74, 6) is -0.463. The smallest absolute Gasteiger partial charge is 0.323 e. The van der Waals surface area contributed by atoms with Gasteiger partial charge in [0.1, 0.15) is 5.54 Å². The van der Waals surface area contributed by atoms with Gasteiger partial charge in [-0.3, -0.25) is 10.1 Å². The van der Waals surface area contributed by atoms with Gasteiger partial charge >= 0.3 is 5.97 Å². The van der Waals surface area contributed by atoms with Gasteiger partial charge in [-0.2, -0.15) is 4.98 Å². The third kappa shape index (κ3) is 2.53. The van der Waals surface area contributed by atoms with Crippen LogP contribution in [0.15, 0.2) is 10.9 Å². The Morgan fingerprint density at radius 1 is 1.60 bits per heavy atom. The van der Waals surface area contributed by atoms with Crippen LogP contribution >= 0.6 is 0 Å². The summed E-state index contributed by atoms with van der Waals surface area (Å²) in [5, 5.41) is 15.5. The van der Waals surface area contributed by atoms with E-state index in [-0.39, 0.29) is 6.54 Å². The van der Waals surface area contributed by atoms with Crippen molar-refractivity contribution in [3.63, 3.8) is 0 Å². The fourth-order valence-corrected chi connectivity index (χ4v) is 1.40. The molecular formula is C9H15N3O3. The SMILES string of the molecule is CCC(CC)(NCc1ncno1)C(=O)O. The molecule has 6 nitrogen and oxygen atoms in total. The molecule has 0 aliphatic rings. The average molecular weight is 213 g/mol. The second-order valence-corrected chi connectivity index (χ2v) is 3.28. The molecule has 0 aliphatic carbocycles. The van der Waals surface area contributed by atoms with E-state index in [2.05, 4.69) is 15.5 Å². The van der Waals surface area contributed by atoms with Crippen LogP contribution in [0, 0.1) is 0 Å². The zero-order valence-corrected chi connectivity index (χ0v) is 8.86. The maximum atomic E-state index is 11.1. The largest absolute Gasteiger partial charge is 0.480 e. The third-order valence-corrected chi connectivity index (χ3v) is 2.60. The summed E-state index contributed by atoms with van der Waals surface area (Å²) in [5.41, 5.74) is -0.908. The molecule has 0 spiro atoms. The minimum Gasteiger partial charge on any atom is -0.480 e. The molecule has 1 heterocycles. The van der Waals surface area contributed by atoms with Gasteiger partial charge in [0, 0.05) is 0 Å². The van der Waals surface area contributed by atoms with Gasteiger partial charge in [0.15, 0.2) is 6.33 Å². The lowest BCUT2D eigenvalue weighted by molar-refractivity contribution is -0.145. The monoisotopic (exact) mass is 213 g/mol. The van der Waals surface area contributed by atoms with E-state index in [1.165, 1.54) is 6.33 Å². The van der Waals surface area contributed by atoms with Crippen molar-refractivity contribution >= 4 is 5.97 Å². The molecule has 6 heteroatoms. The van der Waals surface area contributed by atoms with Gasteiger partial charge < -0.3 is 9.63 Å². The summed E-state index contributed by atoms with van der Waals surface area (Å²) in [6, 6.07) is 0. The lowest BCUT2D eigenvalue weighted by Crippen LogP contribution is -2.50. The van der Waals surface area contributed by atoms with Crippen molar-refractivity contribution in [2.75, 3.05) is 0 Å². The fourth-order valence-electron chi connectivity index (χ4n) is 1.40. The van der Waals surface area contributed by atoms with E-state index >= 15 is 0 Å². The van der Waals surface area contributed by atoms with E-state index < -0.39 is 11.5 Å². The topological polar surface area (TPSA) is 88.3 Å². The molecule has 1 aromatic rings. The van der Waals surface area contributed by atoms with E-state index in [1.54, 1.807) is 0 Å². The number of carboxylic acid groups (broad SMARTS) is 1. The zero-order chi connectivity index (χ0) is 11.3. The second-order valence-electron chi connectivity index (χ2n) is 3.28. The van der Waals surface area contributed by atoms with Crippen LogP contribution in [0.5, 0.6) is 0 Å². The van der Waals surface area contributed by atoms with Gasteiger partial charge in [-0.05, 0) is 12.8 Å². The number of rotatable bonds is 6. The standard InChI is InChI=1S/C9H15N3O3/c1-3-9(4-2,8(13)14)11-5-7-10-6-12-15-7/h6,11H,3-5H2,1-2H3,(H,13,14). The van der Waals surface area contributed by atoms with Gasteiger partial charge in [-0.15, -0.1) is 0 Å². The van der Waals surface area contributed by atoms with Crippen LogP contribution in [0.4, 0.5) is 0 Å². The minimum atomic E-state index is -0.908. The molecule has 15 heavy (non-hydrogen) atoms. The first-order chi connectivity index (χ1) is 7.14. The number of carbonyl (C=O) groups is 1. The van der Waals surface area contributed by atoms with Crippen LogP contribution in [0.1, 0.15) is 32.6 Å². The van der Waals surface area contributed by atoms with E-state index in [0.717, 1.165) is 0 Å². The Kier molecular flexibility index (Phi) is 3.79. The summed E-state index contributed by atoms with van der Waals surface area (Å²) < 4.78 is 4.78. The Morgan fingerprint density at radius 3 is 2.67 bits per heavy atom. The molecule has 0 aliphatic heterocycles. The molecule has 0 unspecified atom stereocenters. The highest BCUT2D eigenvalue weighted by Gasteiger charge is 2.34. The van der Waals surface area contributed by atoms with Gasteiger partial charge in [0.2, 0.25) is 5.89 Å². The lowest BCUT2D eigenvalue weighted by atomic mass is 9.93. The van der Waals surface area contributed by atoms with Crippen molar-refractivity contribution in [2.24, 2.45) is 0 Å². The quantitative estimate of drug-likeness (QED) is 0.726. The predicted molar refractivity (Wildman–Crippen MR) is 52.1 cm³/mol. The second kappa shape index (κ2) is 4.88. The van der Waals surface area contributed by atoms with Gasteiger partial charge in [-0.1, -0.05) is 19.0 Å². The highest BCUT2D eigenvalue weighted by molar-refractivity contribution is 5.78. The number of nitrogens with one attached hydrogen (secondary N) is 1. The number of aliphatic carboxylic acids is 1. The summed E-state index contributed by atoms with van der Waals surface area (Å²) in [6.45, 7) is 3.94. The average Bonchev–Trinajstić information content (AvgIpc) is 2.72. The maximum absolute atomic E-state index is 11.1. The first-order valence-electron chi connectivity index (χ1n) is 4.88. The molecule has 0 radical (unpaired) electrons. The summed E-state index contributed by atoms with van der Waals surface area (Å²) >= 11 is 0. The Labute approximate surface area is 87.7 Å². The van der Waals surface area contributed by atoms with E-state index in [0.29, 0.717) is 18.7 Å². The van der Waals surface area contributed by atoms with Gasteiger partial charge in [0.05, 0.1) is 6.54 Å². The van der Waals surface area contributed by atoms with Crippen molar-refractivity contribution in [2.45, 2.75) is 38.8 Å². The first-order valence-corrected chi connectivity index (χ1v) is 4.88. The fraction of sp³-hybridized carbons (Fsp3) is 0.667. The Morgan fingerprint density at radius 2 is 2.27 bits per heavy atom. The predicted octanol–water partition coefficient (Wildman–Crippen LogP) is 0.803. The third-order valence-electron chi connectivity index (χ3n) is 2.60. The Balaban J connectivity index is 2.63. The highest BCUT2D eigenvalue weighted by atomic mass is 16.5. The molecule has 2 N–H and O–H groups in total. The van der Waals surface area contributed by atoms with E-state index in [4.69, 9.17) is 9.63 Å². The van der Waals surface area contributed by atoms with Crippen molar-refractivity contribution < 1.29 is 14.4 Å². The maximum Gasteiger partial charge on any atom is 0.323 e. The molecule has 1 rings (SSSR count). The number of hydrogen-bond acceptors (Lipinski definition) is 5. The molecule has 0 bridgehead atoms. The zero-order valence-electron chi connectivity index (χ0n) is 8.86. The summed E-state index contributed by atoms with van der Waals surface area (Å²) in [7, 11) is 0. The van der Waals surface area contributed by atoms with Crippen LogP contribution in [-0.4, -0.2) is 26.8 Å². The van der Waals surface area contributed by atoms with Crippen molar-refractivity contribution in [3.8, 4) is 0 Å². The van der Waals surface area contributed by atoms with Crippen LogP contribution in [0.25, 0.3) is 0 Å². The number of nitrogens with zero attached hydrogens (tertiary/aromatic N) is 2. The molecule has 0 saturated heterocycles. The van der Waals surface area contributed by atoms with Crippen molar-refractivity contribution in [1.82, 2.24) is 15.5 Å². The van der Waals surface area contributed by atoms with Gasteiger partial charge in [0.25, 0.3) is 0 Å². The molecule has 0 saturated carbocycles. The Hall–Kier alpha value is -1.43. The molecule has 0 amide bonds. The van der Waals surface area contributed by atoms with E-state index in [1.807, 2.05) is 13.8 Å². The number of carboxylic acids is 1. The molecule has 0 aromatic carbocycles. The molecular weight excluding hydrogens is 198 g/mol. The lowest BCUT2D eigenvalue weighted by Gasteiger charge is -2.27. The van der Waals surface area contributed by atoms with E-state index in [9.17, 15) is 4.79 Å². The van der Waals surface area contributed by atoms with Crippen LogP contribution in [0.2, 0.25) is 0 Å². The van der Waals surface area contributed by atoms with Crippen LogP contribution in [-0.2, 0) is 11.3 Å². The highest BCUT2D eigenvalue weighted by Crippen LogP contribution is 2.15. The molecule has 0 atom stereocenters. The van der Waals surface area contributed by atoms with Crippen molar-refractivity contribution in [1.29, 1.82) is 0 Å². The summed E-state index contributed by atoms with van der Waals surface area (Å²) in [4.78, 5) is 14.9. The normalized spacial score (nSPS) is 11.6. The molecule has 84 valence electrons. The molecule has 0 fully saturated rings. The van der Waals surface area contributed by atoms with Gasteiger partial charge in [-0.25, -0.2) is 0 Å². The van der Waals surface area contributed by atoms with Crippen molar-refractivity contribution in [3.05, 3.63) is 12.2 Å².